The van der Waals surface area contributed by atoms with Crippen LogP contribution < -0.4 is 11.1 Å². The van der Waals surface area contributed by atoms with E-state index in [4.69, 9.17) is 15.6 Å². The summed E-state index contributed by atoms with van der Waals surface area (Å²) < 4.78 is 5.03. The minimum Gasteiger partial charge on any atom is -0.394 e. The lowest BCUT2D eigenvalue weighted by molar-refractivity contribution is -0.193. The van der Waals surface area contributed by atoms with E-state index in [-0.39, 0.29) is 5.91 Å². The van der Waals surface area contributed by atoms with Crippen LogP contribution in [0.3, 0.4) is 0 Å². The van der Waals surface area contributed by atoms with Crippen molar-refractivity contribution >= 4 is 5.91 Å². The van der Waals surface area contributed by atoms with Crippen LogP contribution in [0, 0.1) is 0 Å². The number of ether oxygens (including phenoxy) is 1. The molecule has 0 unspecified atom stereocenters. The van der Waals surface area contributed by atoms with Gasteiger partial charge in [0.1, 0.15) is 24.5 Å². The van der Waals surface area contributed by atoms with Crippen LogP contribution in [0.4, 0.5) is 0 Å². The summed E-state index contributed by atoms with van der Waals surface area (Å²) in [7, 11) is 0. The molecule has 0 saturated carbocycles. The van der Waals surface area contributed by atoms with Gasteiger partial charge in [-0.2, -0.15) is 0 Å². The fourth-order valence-electron chi connectivity index (χ4n) is 1.55. The van der Waals surface area contributed by atoms with E-state index in [1.54, 1.807) is 0 Å². The highest BCUT2D eigenvalue weighted by atomic mass is 16.5. The molecule has 7 heteroatoms. The molecule has 1 rings (SSSR count). The Bertz CT molecular complexity index is 237. The van der Waals surface area contributed by atoms with Gasteiger partial charge in [0.2, 0.25) is 5.91 Å². The van der Waals surface area contributed by atoms with Crippen molar-refractivity contribution in [1.29, 1.82) is 0 Å². The number of aliphatic hydroxyl groups excluding tert-OH is 3. The second kappa shape index (κ2) is 4.86. The van der Waals surface area contributed by atoms with E-state index in [1.165, 1.54) is 6.92 Å². The summed E-state index contributed by atoms with van der Waals surface area (Å²) in [5, 5.41) is 30.3. The molecule has 0 aromatic rings. The number of hydrogen-bond donors (Lipinski definition) is 5. The summed E-state index contributed by atoms with van der Waals surface area (Å²) in [6.45, 7) is 0.822. The van der Waals surface area contributed by atoms with Gasteiger partial charge in [-0.25, -0.2) is 0 Å². The van der Waals surface area contributed by atoms with E-state index in [0.717, 1.165) is 0 Å². The lowest BCUT2D eigenvalue weighted by Crippen LogP contribution is -2.66. The summed E-state index contributed by atoms with van der Waals surface area (Å²) >= 11 is 0. The Morgan fingerprint density at radius 2 is 2.07 bits per heavy atom. The van der Waals surface area contributed by atoms with Crippen LogP contribution in [0.2, 0.25) is 0 Å². The molecular weight excluding hydrogens is 204 g/mol. The first-order valence-corrected chi connectivity index (χ1v) is 4.62. The zero-order valence-corrected chi connectivity index (χ0v) is 8.33. The number of hydrogen-bond acceptors (Lipinski definition) is 6. The van der Waals surface area contributed by atoms with Crippen LogP contribution in [-0.4, -0.2) is 58.4 Å². The van der Waals surface area contributed by atoms with Gasteiger partial charge < -0.3 is 31.1 Å². The van der Waals surface area contributed by atoms with E-state index >= 15 is 0 Å². The molecule has 0 radical (unpaired) electrons. The quantitative estimate of drug-likeness (QED) is 0.335. The third kappa shape index (κ3) is 2.64. The number of amides is 1. The second-order valence-electron chi connectivity index (χ2n) is 3.53. The maximum absolute atomic E-state index is 10.8. The van der Waals surface area contributed by atoms with Gasteiger partial charge in [-0.1, -0.05) is 0 Å². The van der Waals surface area contributed by atoms with Crippen molar-refractivity contribution in [2.24, 2.45) is 5.73 Å². The molecule has 0 spiro atoms. The Hall–Kier alpha value is -0.730. The Labute approximate surface area is 86.8 Å². The molecule has 0 aliphatic carbocycles. The van der Waals surface area contributed by atoms with Crippen LogP contribution >= 0.6 is 0 Å². The molecule has 1 aliphatic heterocycles. The molecule has 0 aromatic carbocycles. The molecule has 1 amide bonds. The first kappa shape index (κ1) is 12.3. The zero-order chi connectivity index (χ0) is 11.6. The third-order valence-corrected chi connectivity index (χ3v) is 2.33. The summed E-state index contributed by atoms with van der Waals surface area (Å²) in [4.78, 5) is 10.8. The smallest absolute Gasteiger partial charge is 0.217 e. The van der Waals surface area contributed by atoms with Gasteiger partial charge in [-0.3, -0.25) is 4.79 Å². The third-order valence-electron chi connectivity index (χ3n) is 2.33. The van der Waals surface area contributed by atoms with Gasteiger partial charge in [0, 0.05) is 6.92 Å². The fourth-order valence-corrected chi connectivity index (χ4v) is 1.55. The lowest BCUT2D eigenvalue weighted by atomic mass is 9.96. The van der Waals surface area contributed by atoms with E-state index in [1.807, 2.05) is 0 Å². The normalized spacial score (nSPS) is 41.3. The molecule has 1 aliphatic rings. The Morgan fingerprint density at radius 3 is 2.53 bits per heavy atom. The topological polar surface area (TPSA) is 125 Å². The number of carbonyl (C=O) groups excluding carboxylic acids is 1. The van der Waals surface area contributed by atoms with Crippen molar-refractivity contribution in [3.8, 4) is 0 Å². The largest absolute Gasteiger partial charge is 0.394 e. The molecule has 6 N–H and O–H groups in total. The molecule has 1 heterocycles. The Kier molecular flexibility index (Phi) is 4.00. The zero-order valence-electron chi connectivity index (χ0n) is 8.33. The van der Waals surface area contributed by atoms with Gasteiger partial charge in [-0.15, -0.1) is 0 Å². The van der Waals surface area contributed by atoms with Crippen molar-refractivity contribution < 1.29 is 24.9 Å². The standard InChI is InChI=1S/C8H16N2O5/c1-3(12)10-5-7(14)6(13)4(2-11)15-8(5)9/h4-8,11,13-14H,2,9H2,1H3,(H,10,12)/t4-,5+,6-,7-,8-/m1/s1. The average Bonchev–Trinajstić information content (AvgIpc) is 2.18. The molecule has 7 nitrogen and oxygen atoms in total. The maximum Gasteiger partial charge on any atom is 0.217 e. The summed E-state index contributed by atoms with van der Waals surface area (Å²) in [6, 6.07) is -0.875. The monoisotopic (exact) mass is 220 g/mol. The molecule has 5 atom stereocenters. The van der Waals surface area contributed by atoms with E-state index in [9.17, 15) is 15.0 Å². The lowest BCUT2D eigenvalue weighted by Gasteiger charge is -2.40. The highest BCUT2D eigenvalue weighted by molar-refractivity contribution is 5.73. The van der Waals surface area contributed by atoms with Crippen molar-refractivity contribution in [2.75, 3.05) is 6.61 Å². The second-order valence-corrected chi connectivity index (χ2v) is 3.53. The van der Waals surface area contributed by atoms with Gasteiger partial charge in [-0.05, 0) is 0 Å². The van der Waals surface area contributed by atoms with Crippen molar-refractivity contribution in [3.63, 3.8) is 0 Å². The molecular formula is C8H16N2O5. The molecule has 15 heavy (non-hydrogen) atoms. The first-order chi connectivity index (χ1) is 6.97. The van der Waals surface area contributed by atoms with Crippen LogP contribution in [0.5, 0.6) is 0 Å². The maximum atomic E-state index is 10.8. The predicted octanol–water partition coefficient (Wildman–Crippen LogP) is -3.11. The van der Waals surface area contributed by atoms with Crippen molar-refractivity contribution in [2.45, 2.75) is 37.5 Å². The van der Waals surface area contributed by atoms with Gasteiger partial charge in [0.25, 0.3) is 0 Å². The van der Waals surface area contributed by atoms with Crippen molar-refractivity contribution in [3.05, 3.63) is 0 Å². The van der Waals surface area contributed by atoms with Gasteiger partial charge >= 0.3 is 0 Å². The van der Waals surface area contributed by atoms with Crippen LogP contribution in [0.1, 0.15) is 6.92 Å². The number of rotatable bonds is 2. The van der Waals surface area contributed by atoms with Crippen LogP contribution in [0.15, 0.2) is 0 Å². The fraction of sp³-hybridized carbons (Fsp3) is 0.875. The summed E-state index contributed by atoms with van der Waals surface area (Å²) in [5.74, 6) is -0.382. The SMILES string of the molecule is CC(=O)N[C@H]1[C@@H](O)[C@H](O)[C@@H](CO)O[C@H]1N. The van der Waals surface area contributed by atoms with Crippen LogP contribution in [-0.2, 0) is 9.53 Å². The molecule has 0 aromatic heterocycles. The minimum absolute atomic E-state index is 0.382. The number of carbonyl (C=O) groups is 1. The Morgan fingerprint density at radius 1 is 1.47 bits per heavy atom. The number of nitrogens with two attached hydrogens (primary N) is 1. The summed E-state index contributed by atoms with van der Waals surface area (Å²) in [5.41, 5.74) is 5.53. The van der Waals surface area contributed by atoms with Gasteiger partial charge in [0.05, 0.1) is 12.6 Å². The molecule has 1 fully saturated rings. The average molecular weight is 220 g/mol. The van der Waals surface area contributed by atoms with Gasteiger partial charge in [0.15, 0.2) is 0 Å². The Balaban J connectivity index is 2.70. The predicted molar refractivity (Wildman–Crippen MR) is 49.6 cm³/mol. The first-order valence-electron chi connectivity index (χ1n) is 4.62. The minimum atomic E-state index is -1.27. The molecule has 1 saturated heterocycles. The number of nitrogens with one attached hydrogen (secondary N) is 1. The number of aliphatic hydroxyl groups is 3. The summed E-state index contributed by atoms with van der Waals surface area (Å²) in [6.07, 6.45) is -4.41. The van der Waals surface area contributed by atoms with E-state index in [2.05, 4.69) is 5.32 Å². The van der Waals surface area contributed by atoms with E-state index < -0.39 is 37.2 Å². The van der Waals surface area contributed by atoms with Crippen LogP contribution in [0.25, 0.3) is 0 Å². The van der Waals surface area contributed by atoms with Crippen molar-refractivity contribution in [1.82, 2.24) is 5.32 Å². The van der Waals surface area contributed by atoms with E-state index in [0.29, 0.717) is 0 Å². The molecule has 0 bridgehead atoms. The highest BCUT2D eigenvalue weighted by Gasteiger charge is 2.42. The molecule has 88 valence electrons. The highest BCUT2D eigenvalue weighted by Crippen LogP contribution is 2.18.